The van der Waals surface area contributed by atoms with Crippen molar-refractivity contribution in [1.29, 1.82) is 0 Å². The molecule has 1 aromatic heterocycles. The standard InChI is InChI=1S/C13H25N5O2.HI/c1-5-8-15-13(14-6-2)16-9-11-17-12(18-20-11)10(4)19-7-3;/h10H,5-9H2,1-4H3,(H2,14,15,16);1H. The van der Waals surface area contributed by atoms with E-state index in [9.17, 15) is 0 Å². The summed E-state index contributed by atoms with van der Waals surface area (Å²) >= 11 is 0. The first kappa shape index (κ1) is 20.1. The number of guanidine groups is 1. The minimum absolute atomic E-state index is 0. The zero-order chi connectivity index (χ0) is 14.8. The molecule has 1 aromatic rings. The van der Waals surface area contributed by atoms with Crippen molar-refractivity contribution in [3.8, 4) is 0 Å². The van der Waals surface area contributed by atoms with Gasteiger partial charge in [-0.3, -0.25) is 0 Å². The number of aliphatic imine (C=N–C) groups is 1. The second-order valence-corrected chi connectivity index (χ2v) is 4.27. The summed E-state index contributed by atoms with van der Waals surface area (Å²) in [5, 5.41) is 10.3. The molecule has 0 saturated carbocycles. The highest BCUT2D eigenvalue weighted by Gasteiger charge is 2.13. The molecule has 2 N–H and O–H groups in total. The van der Waals surface area contributed by atoms with E-state index in [0.29, 0.717) is 24.9 Å². The van der Waals surface area contributed by atoms with Crippen molar-refractivity contribution < 1.29 is 9.26 Å². The molecule has 0 aromatic carbocycles. The SMILES string of the molecule is CCCNC(=NCc1nc(C(C)OCC)no1)NCC.I. The fourth-order valence-corrected chi connectivity index (χ4v) is 1.55. The first-order valence-corrected chi connectivity index (χ1v) is 7.17. The van der Waals surface area contributed by atoms with E-state index in [1.165, 1.54) is 0 Å². The zero-order valence-electron chi connectivity index (χ0n) is 13.2. The zero-order valence-corrected chi connectivity index (χ0v) is 15.5. The summed E-state index contributed by atoms with van der Waals surface area (Å²) in [5.41, 5.74) is 0. The third-order valence-corrected chi connectivity index (χ3v) is 2.52. The Morgan fingerprint density at radius 3 is 2.71 bits per heavy atom. The van der Waals surface area contributed by atoms with Gasteiger partial charge in [0.05, 0.1) is 0 Å². The lowest BCUT2D eigenvalue weighted by Gasteiger charge is -2.09. The predicted molar refractivity (Wildman–Crippen MR) is 92.9 cm³/mol. The molecule has 0 amide bonds. The molecule has 1 heterocycles. The molecule has 0 bridgehead atoms. The van der Waals surface area contributed by atoms with Gasteiger partial charge in [0.2, 0.25) is 5.89 Å². The maximum absolute atomic E-state index is 5.41. The number of hydrogen-bond donors (Lipinski definition) is 2. The van der Waals surface area contributed by atoms with E-state index in [1.807, 2.05) is 20.8 Å². The van der Waals surface area contributed by atoms with Crippen LogP contribution in [0.15, 0.2) is 9.52 Å². The van der Waals surface area contributed by atoms with Crippen molar-refractivity contribution in [3.05, 3.63) is 11.7 Å². The van der Waals surface area contributed by atoms with Gasteiger partial charge in [0.25, 0.3) is 0 Å². The lowest BCUT2D eigenvalue weighted by Crippen LogP contribution is -2.37. The lowest BCUT2D eigenvalue weighted by atomic mass is 10.4. The van der Waals surface area contributed by atoms with Gasteiger partial charge >= 0.3 is 0 Å². The average Bonchev–Trinajstić information content (AvgIpc) is 2.91. The lowest BCUT2D eigenvalue weighted by molar-refractivity contribution is 0.0683. The Kier molecular flexibility index (Phi) is 11.2. The minimum Gasteiger partial charge on any atom is -0.371 e. The Morgan fingerprint density at radius 2 is 2.10 bits per heavy atom. The van der Waals surface area contributed by atoms with Gasteiger partial charge in [-0.05, 0) is 27.2 Å². The highest BCUT2D eigenvalue weighted by Crippen LogP contribution is 2.12. The predicted octanol–water partition coefficient (Wildman–Crippen LogP) is 2.25. The Bertz CT molecular complexity index is 411. The van der Waals surface area contributed by atoms with Crippen LogP contribution in [-0.4, -0.2) is 35.8 Å². The van der Waals surface area contributed by atoms with E-state index in [4.69, 9.17) is 9.26 Å². The normalized spacial score (nSPS) is 12.7. The number of nitrogens with one attached hydrogen (secondary N) is 2. The van der Waals surface area contributed by atoms with E-state index in [0.717, 1.165) is 25.5 Å². The number of halogens is 1. The number of hydrogen-bond acceptors (Lipinski definition) is 5. The monoisotopic (exact) mass is 411 g/mol. The number of rotatable bonds is 8. The van der Waals surface area contributed by atoms with Crippen LogP contribution in [0, 0.1) is 0 Å². The van der Waals surface area contributed by atoms with Crippen molar-refractivity contribution in [2.45, 2.75) is 46.8 Å². The van der Waals surface area contributed by atoms with Crippen molar-refractivity contribution in [1.82, 2.24) is 20.8 Å². The fourth-order valence-electron chi connectivity index (χ4n) is 1.55. The third-order valence-electron chi connectivity index (χ3n) is 2.52. The molecule has 0 radical (unpaired) electrons. The summed E-state index contributed by atoms with van der Waals surface area (Å²) in [7, 11) is 0. The quantitative estimate of drug-likeness (QED) is 0.388. The van der Waals surface area contributed by atoms with E-state index >= 15 is 0 Å². The maximum Gasteiger partial charge on any atom is 0.248 e. The number of aromatic nitrogens is 2. The van der Waals surface area contributed by atoms with Crippen LogP contribution in [-0.2, 0) is 11.3 Å². The number of nitrogens with zero attached hydrogens (tertiary/aromatic N) is 3. The van der Waals surface area contributed by atoms with Gasteiger partial charge in [0.1, 0.15) is 12.6 Å². The van der Waals surface area contributed by atoms with Gasteiger partial charge in [-0.2, -0.15) is 4.98 Å². The van der Waals surface area contributed by atoms with E-state index < -0.39 is 0 Å². The molecule has 122 valence electrons. The highest BCUT2D eigenvalue weighted by atomic mass is 127. The first-order valence-electron chi connectivity index (χ1n) is 7.17. The average molecular weight is 411 g/mol. The fraction of sp³-hybridized carbons (Fsp3) is 0.769. The Morgan fingerprint density at radius 1 is 1.33 bits per heavy atom. The summed E-state index contributed by atoms with van der Waals surface area (Å²) in [6, 6.07) is 0. The molecule has 0 saturated heterocycles. The Labute approximate surface area is 143 Å². The van der Waals surface area contributed by atoms with Crippen LogP contribution in [0.2, 0.25) is 0 Å². The van der Waals surface area contributed by atoms with Crippen LogP contribution >= 0.6 is 24.0 Å². The smallest absolute Gasteiger partial charge is 0.248 e. The second kappa shape index (κ2) is 11.7. The molecule has 0 spiro atoms. The molecular weight excluding hydrogens is 385 g/mol. The summed E-state index contributed by atoms with van der Waals surface area (Å²) in [5.74, 6) is 1.80. The molecule has 1 unspecified atom stereocenters. The maximum atomic E-state index is 5.41. The largest absolute Gasteiger partial charge is 0.371 e. The van der Waals surface area contributed by atoms with Gasteiger partial charge in [-0.25, -0.2) is 4.99 Å². The van der Waals surface area contributed by atoms with E-state index in [1.54, 1.807) is 0 Å². The van der Waals surface area contributed by atoms with Gasteiger partial charge in [-0.15, -0.1) is 24.0 Å². The molecule has 0 aliphatic carbocycles. The van der Waals surface area contributed by atoms with Crippen LogP contribution in [0.25, 0.3) is 0 Å². The van der Waals surface area contributed by atoms with Gasteiger partial charge in [-0.1, -0.05) is 12.1 Å². The van der Waals surface area contributed by atoms with Crippen LogP contribution in [0.3, 0.4) is 0 Å². The molecule has 21 heavy (non-hydrogen) atoms. The van der Waals surface area contributed by atoms with Crippen molar-refractivity contribution >= 4 is 29.9 Å². The molecule has 1 atom stereocenters. The summed E-state index contributed by atoms with van der Waals surface area (Å²) in [4.78, 5) is 8.67. The van der Waals surface area contributed by atoms with Gasteiger partial charge in [0.15, 0.2) is 11.8 Å². The molecule has 1 rings (SSSR count). The van der Waals surface area contributed by atoms with Gasteiger partial charge < -0.3 is 19.9 Å². The topological polar surface area (TPSA) is 84.6 Å². The van der Waals surface area contributed by atoms with Crippen LogP contribution < -0.4 is 10.6 Å². The molecular formula is C13H26IN5O2. The van der Waals surface area contributed by atoms with Crippen LogP contribution in [0.1, 0.15) is 51.9 Å². The van der Waals surface area contributed by atoms with E-state index in [2.05, 4.69) is 32.7 Å². The molecule has 7 nitrogen and oxygen atoms in total. The molecule has 0 aliphatic heterocycles. The van der Waals surface area contributed by atoms with Gasteiger partial charge in [0, 0.05) is 19.7 Å². The van der Waals surface area contributed by atoms with E-state index in [-0.39, 0.29) is 30.1 Å². The number of ether oxygens (including phenoxy) is 1. The third kappa shape index (κ3) is 7.60. The van der Waals surface area contributed by atoms with Crippen molar-refractivity contribution in [2.24, 2.45) is 4.99 Å². The van der Waals surface area contributed by atoms with Crippen LogP contribution in [0.5, 0.6) is 0 Å². The Balaban J connectivity index is 0.00000400. The Hall–Kier alpha value is -0.900. The van der Waals surface area contributed by atoms with Crippen molar-refractivity contribution in [2.75, 3.05) is 19.7 Å². The molecule has 8 heteroatoms. The molecule has 0 aliphatic rings. The summed E-state index contributed by atoms with van der Waals surface area (Å²) < 4.78 is 10.6. The second-order valence-electron chi connectivity index (χ2n) is 4.27. The summed E-state index contributed by atoms with van der Waals surface area (Å²) in [6.45, 7) is 10.6. The summed E-state index contributed by atoms with van der Waals surface area (Å²) in [6.07, 6.45) is 0.883. The van der Waals surface area contributed by atoms with Crippen LogP contribution in [0.4, 0.5) is 0 Å². The first-order chi connectivity index (χ1) is 9.71. The molecule has 0 fully saturated rings. The minimum atomic E-state index is -0.159. The van der Waals surface area contributed by atoms with Crippen molar-refractivity contribution in [3.63, 3.8) is 0 Å². The highest BCUT2D eigenvalue weighted by molar-refractivity contribution is 14.0.